The predicted molar refractivity (Wildman–Crippen MR) is 245 cm³/mol. The summed E-state index contributed by atoms with van der Waals surface area (Å²) in [5, 5.41) is 2.62. The minimum atomic E-state index is -3.22. The van der Waals surface area contributed by atoms with Crippen LogP contribution in [0, 0.1) is 0 Å². The number of rotatable bonds is 9. The molecule has 9 aromatic rings. The normalized spacial score (nSPS) is 12.3. The van der Waals surface area contributed by atoms with Gasteiger partial charge in [0.15, 0.2) is 7.14 Å². The molecule has 1 aliphatic heterocycles. The number of benzene rings is 9. The average molecular weight is 763 g/mol. The van der Waals surface area contributed by atoms with Crippen LogP contribution in [0.3, 0.4) is 0 Å². The van der Waals surface area contributed by atoms with Crippen LogP contribution >= 0.6 is 7.14 Å². The van der Waals surface area contributed by atoms with E-state index in [-0.39, 0.29) is 0 Å². The van der Waals surface area contributed by atoms with Crippen LogP contribution in [-0.2, 0) is 4.57 Å². The van der Waals surface area contributed by atoms with Crippen molar-refractivity contribution in [2.75, 3.05) is 9.80 Å². The summed E-state index contributed by atoms with van der Waals surface area (Å²) in [6.45, 7) is 0. The van der Waals surface area contributed by atoms with E-state index in [2.05, 4.69) is 192 Å². The van der Waals surface area contributed by atoms with E-state index < -0.39 is 7.14 Å². The molecular formula is C54H39N2OP. The molecule has 0 radical (unpaired) electrons. The maximum absolute atomic E-state index is 15.9. The summed E-state index contributed by atoms with van der Waals surface area (Å²) in [5.74, 6) is 0. The zero-order chi connectivity index (χ0) is 38.9. The van der Waals surface area contributed by atoms with Gasteiger partial charge in [0.1, 0.15) is 0 Å². The molecule has 58 heavy (non-hydrogen) atoms. The molecule has 0 spiro atoms. The third kappa shape index (κ3) is 6.33. The van der Waals surface area contributed by atoms with Crippen molar-refractivity contribution in [1.29, 1.82) is 0 Å². The standard InChI is InChI=1S/C54H39N2OP/c57-58(50-24-14-5-15-25-50)53-38-42(40-26-32-48(33-27-40)55(44-16-6-1-7-17-44)45-18-8-2-9-19-45)30-36-51(53)52-37-31-43(39-54(52)58)41-28-34-49(35-29-41)56(46-20-10-3-11-21-46)47-22-12-4-13-23-47/h1-39H. The first-order valence-corrected chi connectivity index (χ1v) is 21.3. The lowest BCUT2D eigenvalue weighted by Crippen LogP contribution is -2.21. The molecule has 1 heterocycles. The largest absolute Gasteiger partial charge is 0.311 e. The zero-order valence-electron chi connectivity index (χ0n) is 31.8. The Morgan fingerprint density at radius 3 is 0.879 bits per heavy atom. The van der Waals surface area contributed by atoms with E-state index in [0.717, 1.165) is 83.4 Å². The average Bonchev–Trinajstić information content (AvgIpc) is 3.56. The maximum atomic E-state index is 15.9. The van der Waals surface area contributed by atoms with Crippen LogP contribution in [0.5, 0.6) is 0 Å². The Hall–Kier alpha value is -7.19. The quantitative estimate of drug-likeness (QED) is 0.137. The fourth-order valence-corrected chi connectivity index (χ4v) is 11.4. The second-order valence-electron chi connectivity index (χ2n) is 14.5. The minimum absolute atomic E-state index is 0.845. The van der Waals surface area contributed by atoms with Crippen molar-refractivity contribution in [3.63, 3.8) is 0 Å². The molecule has 0 saturated heterocycles. The van der Waals surface area contributed by atoms with Crippen molar-refractivity contribution < 1.29 is 4.57 Å². The summed E-state index contributed by atoms with van der Waals surface area (Å²) in [6.07, 6.45) is 0. The van der Waals surface area contributed by atoms with Gasteiger partial charge in [-0.05, 0) is 118 Å². The summed E-state index contributed by atoms with van der Waals surface area (Å²) in [5.41, 5.74) is 12.8. The van der Waals surface area contributed by atoms with E-state index in [1.165, 1.54) is 0 Å². The smallest absolute Gasteiger partial charge is 0.172 e. The van der Waals surface area contributed by atoms with E-state index in [9.17, 15) is 0 Å². The van der Waals surface area contributed by atoms with E-state index in [1.54, 1.807) is 0 Å². The fourth-order valence-electron chi connectivity index (χ4n) is 8.25. The molecule has 0 aliphatic carbocycles. The van der Waals surface area contributed by atoms with E-state index in [1.807, 2.05) is 54.6 Å². The van der Waals surface area contributed by atoms with Crippen LogP contribution in [0.4, 0.5) is 34.1 Å². The summed E-state index contributed by atoms with van der Waals surface area (Å²) in [7, 11) is -3.22. The Morgan fingerprint density at radius 2 is 0.552 bits per heavy atom. The molecule has 9 aromatic carbocycles. The van der Waals surface area contributed by atoms with Crippen molar-refractivity contribution in [1.82, 2.24) is 0 Å². The molecule has 0 saturated carbocycles. The van der Waals surface area contributed by atoms with Crippen LogP contribution in [-0.4, -0.2) is 0 Å². The van der Waals surface area contributed by atoms with Crippen molar-refractivity contribution in [2.24, 2.45) is 0 Å². The fraction of sp³-hybridized carbons (Fsp3) is 0. The molecule has 0 atom stereocenters. The second kappa shape index (κ2) is 15.0. The van der Waals surface area contributed by atoms with Crippen molar-refractivity contribution in [2.45, 2.75) is 0 Å². The third-order valence-electron chi connectivity index (χ3n) is 11.1. The Bertz CT molecular complexity index is 2620. The van der Waals surface area contributed by atoms with Crippen LogP contribution in [0.2, 0.25) is 0 Å². The molecule has 0 bridgehead atoms. The molecule has 276 valence electrons. The lowest BCUT2D eigenvalue weighted by Gasteiger charge is -2.25. The van der Waals surface area contributed by atoms with Gasteiger partial charge in [-0.2, -0.15) is 0 Å². The number of fused-ring (bicyclic) bond motifs is 3. The Balaban J connectivity index is 1.01. The van der Waals surface area contributed by atoms with Crippen molar-refractivity contribution >= 4 is 57.2 Å². The van der Waals surface area contributed by atoms with Gasteiger partial charge in [0.05, 0.1) is 0 Å². The molecule has 0 unspecified atom stereocenters. The van der Waals surface area contributed by atoms with Crippen LogP contribution in [0.15, 0.2) is 237 Å². The Morgan fingerprint density at radius 1 is 0.276 bits per heavy atom. The van der Waals surface area contributed by atoms with Gasteiger partial charge in [-0.1, -0.05) is 152 Å². The highest BCUT2D eigenvalue weighted by atomic mass is 31.2. The van der Waals surface area contributed by atoms with Gasteiger partial charge in [-0.15, -0.1) is 0 Å². The Kier molecular flexibility index (Phi) is 9.14. The third-order valence-corrected chi connectivity index (χ3v) is 14.2. The highest BCUT2D eigenvalue weighted by molar-refractivity contribution is 7.86. The van der Waals surface area contributed by atoms with Crippen LogP contribution in [0.25, 0.3) is 33.4 Å². The molecule has 0 aromatic heterocycles. The van der Waals surface area contributed by atoms with Crippen LogP contribution in [0.1, 0.15) is 0 Å². The monoisotopic (exact) mass is 762 g/mol. The highest BCUT2D eigenvalue weighted by Gasteiger charge is 2.40. The zero-order valence-corrected chi connectivity index (χ0v) is 32.7. The van der Waals surface area contributed by atoms with E-state index in [0.29, 0.717) is 0 Å². The van der Waals surface area contributed by atoms with Gasteiger partial charge in [-0.25, -0.2) is 0 Å². The number of nitrogens with zero attached hydrogens (tertiary/aromatic N) is 2. The molecule has 0 amide bonds. The van der Waals surface area contributed by atoms with Gasteiger partial charge in [0.2, 0.25) is 0 Å². The van der Waals surface area contributed by atoms with Gasteiger partial charge in [-0.3, -0.25) is 0 Å². The molecule has 3 nitrogen and oxygen atoms in total. The molecule has 10 rings (SSSR count). The number of anilines is 6. The highest BCUT2D eigenvalue weighted by Crippen LogP contribution is 2.53. The minimum Gasteiger partial charge on any atom is -0.311 e. The SMILES string of the molecule is O=P1(c2ccccc2)c2cc(-c3ccc(N(c4ccccc4)c4ccccc4)cc3)ccc2-c2ccc(-c3ccc(N(c4ccccc4)c4ccccc4)cc3)cc21. The molecule has 0 fully saturated rings. The molecule has 1 aliphatic rings. The summed E-state index contributed by atoms with van der Waals surface area (Å²) >= 11 is 0. The predicted octanol–water partition coefficient (Wildman–Crippen LogP) is 13.6. The molecule has 0 N–H and O–H groups in total. The summed E-state index contributed by atoms with van der Waals surface area (Å²) < 4.78 is 15.9. The van der Waals surface area contributed by atoms with Crippen molar-refractivity contribution in [3.05, 3.63) is 237 Å². The summed E-state index contributed by atoms with van der Waals surface area (Å²) in [6, 6.07) is 82.1. The van der Waals surface area contributed by atoms with Crippen molar-refractivity contribution in [3.8, 4) is 33.4 Å². The second-order valence-corrected chi connectivity index (χ2v) is 17.2. The first-order valence-electron chi connectivity index (χ1n) is 19.6. The number of hydrogen-bond acceptors (Lipinski definition) is 3. The maximum Gasteiger partial charge on any atom is 0.172 e. The number of hydrogen-bond donors (Lipinski definition) is 0. The number of para-hydroxylation sites is 4. The van der Waals surface area contributed by atoms with Crippen LogP contribution < -0.4 is 25.7 Å². The topological polar surface area (TPSA) is 23.6 Å². The van der Waals surface area contributed by atoms with Gasteiger partial charge >= 0.3 is 0 Å². The van der Waals surface area contributed by atoms with Gasteiger partial charge in [0.25, 0.3) is 0 Å². The first-order chi connectivity index (χ1) is 28.6. The van der Waals surface area contributed by atoms with Gasteiger partial charge < -0.3 is 14.4 Å². The van der Waals surface area contributed by atoms with Gasteiger partial charge in [0, 0.05) is 50.0 Å². The van der Waals surface area contributed by atoms with E-state index in [4.69, 9.17) is 0 Å². The molecule has 4 heteroatoms. The van der Waals surface area contributed by atoms with E-state index >= 15 is 4.57 Å². The summed E-state index contributed by atoms with van der Waals surface area (Å²) in [4.78, 5) is 4.53. The first kappa shape index (κ1) is 35.2. The molecular weight excluding hydrogens is 724 g/mol. The lowest BCUT2D eigenvalue weighted by molar-refractivity contribution is 0.593. The Labute approximate surface area is 340 Å². The lowest BCUT2D eigenvalue weighted by atomic mass is 9.98.